The van der Waals surface area contributed by atoms with E-state index in [0.29, 0.717) is 16.9 Å². The Morgan fingerprint density at radius 2 is 2.20 bits per heavy atom. The van der Waals surface area contributed by atoms with Crippen molar-refractivity contribution in [2.24, 2.45) is 11.7 Å². The van der Waals surface area contributed by atoms with E-state index in [2.05, 4.69) is 22.6 Å². The summed E-state index contributed by atoms with van der Waals surface area (Å²) in [5.74, 6) is 0.0320. The highest BCUT2D eigenvalue weighted by Crippen LogP contribution is 2.36. The van der Waals surface area contributed by atoms with Crippen LogP contribution in [0.25, 0.3) is 5.76 Å². The van der Waals surface area contributed by atoms with Gasteiger partial charge in [-0.05, 0) is 41.6 Å². The van der Waals surface area contributed by atoms with Crippen LogP contribution < -0.4 is 5.73 Å². The van der Waals surface area contributed by atoms with Gasteiger partial charge in [-0.2, -0.15) is 5.26 Å². The molecule has 1 atom stereocenters. The normalized spacial score (nSPS) is 18.6. The van der Waals surface area contributed by atoms with Gasteiger partial charge in [-0.3, -0.25) is 4.79 Å². The fraction of sp³-hybridized carbons (Fsp3) is 0.200. The van der Waals surface area contributed by atoms with E-state index >= 15 is 0 Å². The van der Waals surface area contributed by atoms with Gasteiger partial charge < -0.3 is 10.5 Å². The van der Waals surface area contributed by atoms with Crippen LogP contribution in [0.5, 0.6) is 0 Å². The van der Waals surface area contributed by atoms with E-state index in [-0.39, 0.29) is 17.6 Å². The summed E-state index contributed by atoms with van der Waals surface area (Å²) in [4.78, 5) is 11.9. The minimum absolute atomic E-state index is 0.0684. The molecule has 2 N–H and O–H groups in total. The molecular formula is C15H13IN2O2. The van der Waals surface area contributed by atoms with E-state index < -0.39 is 0 Å². The van der Waals surface area contributed by atoms with E-state index in [9.17, 15) is 4.79 Å². The van der Waals surface area contributed by atoms with Crippen molar-refractivity contribution in [3.63, 3.8) is 0 Å². The van der Waals surface area contributed by atoms with Crippen LogP contribution in [0.3, 0.4) is 0 Å². The Labute approximate surface area is 131 Å². The van der Waals surface area contributed by atoms with E-state index in [0.717, 1.165) is 9.13 Å². The lowest BCUT2D eigenvalue weighted by Gasteiger charge is -2.25. The zero-order valence-corrected chi connectivity index (χ0v) is 13.3. The van der Waals surface area contributed by atoms with Crippen LogP contribution >= 0.6 is 22.6 Å². The van der Waals surface area contributed by atoms with Gasteiger partial charge in [0.05, 0.1) is 5.57 Å². The second kappa shape index (κ2) is 5.67. The number of rotatable bonds is 2. The van der Waals surface area contributed by atoms with Gasteiger partial charge in [0.15, 0.2) is 5.78 Å². The number of nitriles is 1. The Kier molecular flexibility index (Phi) is 4.14. The van der Waals surface area contributed by atoms with Gasteiger partial charge in [0.25, 0.3) is 0 Å². The predicted octanol–water partition coefficient (Wildman–Crippen LogP) is 2.95. The van der Waals surface area contributed by atoms with Crippen molar-refractivity contribution in [3.05, 3.63) is 50.4 Å². The van der Waals surface area contributed by atoms with Crippen molar-refractivity contribution in [2.75, 3.05) is 0 Å². The van der Waals surface area contributed by atoms with Crippen LogP contribution in [0.15, 0.2) is 41.3 Å². The number of ketones is 1. The molecule has 1 unspecified atom stereocenters. The average Bonchev–Trinajstić information content (AvgIpc) is 2.37. The molecule has 1 aromatic carbocycles. The minimum Gasteiger partial charge on any atom is -0.439 e. The third-order valence-corrected chi connectivity index (χ3v) is 3.85. The zero-order chi connectivity index (χ0) is 14.9. The van der Waals surface area contributed by atoms with Gasteiger partial charge in [0.1, 0.15) is 11.8 Å². The Hall–Kier alpha value is -1.81. The molecule has 1 heterocycles. The maximum atomic E-state index is 11.9. The maximum Gasteiger partial charge on any atom is 0.205 e. The molecular weight excluding hydrogens is 367 g/mol. The SMILES string of the molecule is CC(=O)C1=C(c2cccc(I)c2)OC(N)=C(C#N)C1C. The maximum absolute atomic E-state index is 11.9. The molecule has 1 aromatic rings. The third kappa shape index (κ3) is 2.56. The van der Waals surface area contributed by atoms with E-state index in [4.69, 9.17) is 15.7 Å². The Bertz CT molecular complexity index is 683. The van der Waals surface area contributed by atoms with Gasteiger partial charge in [-0.1, -0.05) is 19.1 Å². The van der Waals surface area contributed by atoms with E-state index in [1.807, 2.05) is 30.3 Å². The second-order valence-corrected chi connectivity index (χ2v) is 5.77. The van der Waals surface area contributed by atoms with E-state index in [1.54, 1.807) is 6.92 Å². The quantitative estimate of drug-likeness (QED) is 0.801. The van der Waals surface area contributed by atoms with Gasteiger partial charge in [0, 0.05) is 20.6 Å². The van der Waals surface area contributed by atoms with Crippen molar-refractivity contribution in [3.8, 4) is 6.07 Å². The number of Topliss-reactive ketones (excluding diaryl/α,β-unsaturated/α-hetero) is 1. The molecule has 20 heavy (non-hydrogen) atoms. The Balaban J connectivity index is 2.62. The van der Waals surface area contributed by atoms with Crippen molar-refractivity contribution in [1.82, 2.24) is 0 Å². The molecule has 0 bridgehead atoms. The standard InChI is InChI=1S/C15H13IN2O2/c1-8-12(7-17)15(18)20-14(13(8)9(2)19)10-4-3-5-11(16)6-10/h3-6,8H,18H2,1-2H3. The summed E-state index contributed by atoms with van der Waals surface area (Å²) in [5, 5.41) is 9.13. The van der Waals surface area contributed by atoms with E-state index in [1.165, 1.54) is 6.92 Å². The molecule has 4 nitrogen and oxygen atoms in total. The lowest BCUT2D eigenvalue weighted by molar-refractivity contribution is -0.114. The number of allylic oxidation sites excluding steroid dienone is 2. The van der Waals surface area contributed by atoms with Crippen molar-refractivity contribution < 1.29 is 9.53 Å². The second-order valence-electron chi connectivity index (χ2n) is 4.52. The Morgan fingerprint density at radius 3 is 2.75 bits per heavy atom. The van der Waals surface area contributed by atoms with Crippen LogP contribution in [0.4, 0.5) is 0 Å². The number of carbonyl (C=O) groups excluding carboxylic acids is 1. The first-order chi connectivity index (χ1) is 9.45. The number of nitrogens with two attached hydrogens (primary N) is 1. The summed E-state index contributed by atoms with van der Waals surface area (Å²) in [7, 11) is 0. The molecule has 2 rings (SSSR count). The van der Waals surface area contributed by atoms with Crippen LogP contribution in [-0.2, 0) is 9.53 Å². The van der Waals surface area contributed by atoms with Gasteiger partial charge in [-0.15, -0.1) is 0 Å². The van der Waals surface area contributed by atoms with Crippen molar-refractivity contribution in [2.45, 2.75) is 13.8 Å². The monoisotopic (exact) mass is 380 g/mol. The highest BCUT2D eigenvalue weighted by Gasteiger charge is 2.31. The number of nitrogens with zero attached hydrogens (tertiary/aromatic N) is 1. The summed E-state index contributed by atoms with van der Waals surface area (Å²) >= 11 is 2.19. The molecule has 0 aromatic heterocycles. The number of carbonyl (C=O) groups is 1. The first-order valence-electron chi connectivity index (χ1n) is 6.04. The number of hydrogen-bond acceptors (Lipinski definition) is 4. The topological polar surface area (TPSA) is 76.1 Å². The molecule has 0 amide bonds. The van der Waals surface area contributed by atoms with Gasteiger partial charge in [0.2, 0.25) is 5.88 Å². The molecule has 0 aliphatic carbocycles. The summed E-state index contributed by atoms with van der Waals surface area (Å²) in [5.41, 5.74) is 7.36. The summed E-state index contributed by atoms with van der Waals surface area (Å²) in [6.45, 7) is 3.26. The summed E-state index contributed by atoms with van der Waals surface area (Å²) in [6, 6.07) is 9.62. The molecule has 102 valence electrons. The fourth-order valence-electron chi connectivity index (χ4n) is 2.24. The molecule has 1 aliphatic heterocycles. The van der Waals surface area contributed by atoms with Crippen LogP contribution in [0.2, 0.25) is 0 Å². The smallest absolute Gasteiger partial charge is 0.205 e. The first kappa shape index (κ1) is 14.6. The third-order valence-electron chi connectivity index (χ3n) is 3.17. The van der Waals surface area contributed by atoms with Crippen LogP contribution in [-0.4, -0.2) is 5.78 Å². The highest BCUT2D eigenvalue weighted by atomic mass is 127. The number of halogens is 1. The highest BCUT2D eigenvalue weighted by molar-refractivity contribution is 14.1. The molecule has 1 aliphatic rings. The summed E-state index contributed by atoms with van der Waals surface area (Å²) in [6.07, 6.45) is 0. The van der Waals surface area contributed by atoms with Crippen molar-refractivity contribution >= 4 is 34.1 Å². The van der Waals surface area contributed by atoms with Gasteiger partial charge in [-0.25, -0.2) is 0 Å². The minimum atomic E-state index is -0.362. The lowest BCUT2D eigenvalue weighted by atomic mass is 9.87. The van der Waals surface area contributed by atoms with Crippen LogP contribution in [0, 0.1) is 20.8 Å². The van der Waals surface area contributed by atoms with Crippen molar-refractivity contribution in [1.29, 1.82) is 5.26 Å². The van der Waals surface area contributed by atoms with Gasteiger partial charge >= 0.3 is 0 Å². The molecule has 0 saturated carbocycles. The zero-order valence-electron chi connectivity index (χ0n) is 11.1. The number of hydrogen-bond donors (Lipinski definition) is 1. The predicted molar refractivity (Wildman–Crippen MR) is 83.8 cm³/mol. The van der Waals surface area contributed by atoms with Crippen LogP contribution in [0.1, 0.15) is 19.4 Å². The lowest BCUT2D eigenvalue weighted by Crippen LogP contribution is -2.23. The molecule has 0 saturated heterocycles. The average molecular weight is 380 g/mol. The molecule has 0 fully saturated rings. The molecule has 0 spiro atoms. The number of ether oxygens (including phenoxy) is 1. The molecule has 0 radical (unpaired) electrons. The number of benzene rings is 1. The largest absolute Gasteiger partial charge is 0.439 e. The molecule has 5 heteroatoms. The Morgan fingerprint density at radius 1 is 1.50 bits per heavy atom. The first-order valence-corrected chi connectivity index (χ1v) is 7.12. The summed E-state index contributed by atoms with van der Waals surface area (Å²) < 4.78 is 6.59. The fourth-order valence-corrected chi connectivity index (χ4v) is 2.78.